The second-order valence-corrected chi connectivity index (χ2v) is 19.1. The van der Waals surface area contributed by atoms with E-state index in [4.69, 9.17) is 32.5 Å². The van der Waals surface area contributed by atoms with Crippen LogP contribution in [0.5, 0.6) is 11.5 Å². The highest BCUT2D eigenvalue weighted by atomic mass is 16.7. The van der Waals surface area contributed by atoms with Crippen molar-refractivity contribution in [3.8, 4) is 22.6 Å². The molecule has 378 valence electrons. The lowest BCUT2D eigenvalue weighted by Gasteiger charge is -2.46. The van der Waals surface area contributed by atoms with Gasteiger partial charge in [-0.15, -0.1) is 0 Å². The van der Waals surface area contributed by atoms with E-state index in [0.717, 1.165) is 0 Å². The zero-order chi connectivity index (χ0) is 51.7. The van der Waals surface area contributed by atoms with Crippen molar-refractivity contribution in [1.29, 1.82) is 0 Å². The fraction of sp³-hybridized carbons (Fsp3) is 0.407. The van der Waals surface area contributed by atoms with Crippen LogP contribution in [0.4, 0.5) is 11.4 Å². The average Bonchev–Trinajstić information content (AvgIpc) is 3.32. The Kier molecular flexibility index (Phi) is 15.6. The Balaban J connectivity index is 0.000000165. The number of anilines is 2. The van der Waals surface area contributed by atoms with E-state index >= 15 is 0 Å². The van der Waals surface area contributed by atoms with Crippen LogP contribution >= 0.6 is 0 Å². The Labute approximate surface area is 410 Å². The summed E-state index contributed by atoms with van der Waals surface area (Å²) in [5, 5.41) is 47.5. The van der Waals surface area contributed by atoms with Crippen LogP contribution < -0.4 is 31.4 Å². The van der Waals surface area contributed by atoms with Crippen LogP contribution in [0.25, 0.3) is 33.1 Å². The largest absolute Gasteiger partial charge is 0.462 e. The smallest absolute Gasteiger partial charge is 0.360 e. The maximum atomic E-state index is 12.1. The van der Waals surface area contributed by atoms with Crippen molar-refractivity contribution in [2.75, 3.05) is 17.7 Å². The Hall–Kier alpha value is -6.44. The number of aryl methyl sites for hydroxylation is 4. The summed E-state index contributed by atoms with van der Waals surface area (Å²) in [6.07, 6.45) is -5.40. The number of ether oxygens (including phenoxy) is 5. The Morgan fingerprint density at radius 2 is 1.01 bits per heavy atom. The summed E-state index contributed by atoms with van der Waals surface area (Å²) in [5.74, 6) is -0.375. The van der Waals surface area contributed by atoms with Gasteiger partial charge < -0.3 is 63.6 Å². The summed E-state index contributed by atoms with van der Waals surface area (Å²) < 4.78 is 39.3. The molecular weight excluding hydrogens is 917 g/mol. The fourth-order valence-electron chi connectivity index (χ4n) is 9.08. The minimum Gasteiger partial charge on any atom is -0.462 e. The van der Waals surface area contributed by atoms with Crippen molar-refractivity contribution in [3.05, 3.63) is 128 Å². The van der Waals surface area contributed by atoms with Gasteiger partial charge in [0.1, 0.15) is 58.5 Å². The zero-order valence-electron chi connectivity index (χ0n) is 41.4. The Morgan fingerprint density at radius 3 is 1.44 bits per heavy atom. The van der Waals surface area contributed by atoms with Gasteiger partial charge in [-0.1, -0.05) is 55.5 Å². The first-order valence-corrected chi connectivity index (χ1v) is 23.3. The number of carbonyl (C=O) groups excluding carboxylic acids is 2. The van der Waals surface area contributed by atoms with Gasteiger partial charge in [-0.05, 0) is 113 Å². The lowest BCUT2D eigenvalue weighted by atomic mass is 9.82. The highest BCUT2D eigenvalue weighted by Gasteiger charge is 2.51. The number of benzene rings is 4. The second-order valence-electron chi connectivity index (χ2n) is 19.1. The molecule has 0 saturated carbocycles. The molecule has 8 atom stereocenters. The predicted octanol–water partition coefficient (Wildman–Crippen LogP) is 6.69. The summed E-state index contributed by atoms with van der Waals surface area (Å²) >= 11 is 0. The number of hydrogen-bond donors (Lipinski definition) is 6. The summed E-state index contributed by atoms with van der Waals surface area (Å²) in [6.45, 7) is 14.9. The van der Waals surface area contributed by atoms with E-state index in [1.165, 1.54) is 68.2 Å². The molecular formula is C54H62N2O15. The number of amides is 2. The third kappa shape index (κ3) is 11.2. The number of aliphatic hydroxyl groups is 4. The number of methoxy groups -OCH3 is 1. The molecule has 2 aliphatic heterocycles. The molecule has 17 nitrogen and oxygen atoms in total. The standard InChI is InChI=1S/C20H25NO8.C20H25NO7.C14H12/c1-9-13(27-19-15(24)14(23)17(26-5)20(3,4)29-19)7-6-11-8-12(21-10(2)22)18(25)28-16(9)11;1-9-14(26-19-16(24)15(23)10(2)20(4,5)28-19)7-6-12-8-13(21-11(3)22)18(25)27-17(9)12;1-3-7-13-11(5-1)9-10-12-6-2-4-8-14(12)13/h6-8,14-15,17,19,23-24H,1-5H3,(H,21,22);6-8,10,15-16,19,23-24H,1-5H3,(H,21,22);1-8H,9-10H2/t14-,15+,17-,19?;10-,15+,16+,19?;/m11./s1. The lowest BCUT2D eigenvalue weighted by molar-refractivity contribution is -0.306. The number of nitrogens with one attached hydrogen (secondary N) is 2. The van der Waals surface area contributed by atoms with Crippen molar-refractivity contribution in [1.82, 2.24) is 0 Å². The molecule has 6 aromatic rings. The van der Waals surface area contributed by atoms with E-state index in [1.54, 1.807) is 58.9 Å². The monoisotopic (exact) mass is 978 g/mol. The molecule has 6 N–H and O–H groups in total. The molecule has 2 amide bonds. The second kappa shape index (κ2) is 21.1. The van der Waals surface area contributed by atoms with Crippen LogP contribution in [0.2, 0.25) is 0 Å². The Morgan fingerprint density at radius 1 is 0.606 bits per heavy atom. The number of rotatable bonds is 7. The van der Waals surface area contributed by atoms with E-state index < -0.39 is 65.6 Å². The van der Waals surface area contributed by atoms with Crippen LogP contribution in [-0.4, -0.2) is 93.7 Å². The van der Waals surface area contributed by atoms with Crippen molar-refractivity contribution < 1.29 is 62.5 Å². The lowest BCUT2D eigenvalue weighted by Crippen LogP contribution is -2.63. The minimum absolute atomic E-state index is 0.0413. The van der Waals surface area contributed by atoms with Gasteiger partial charge in [-0.3, -0.25) is 9.59 Å². The third-order valence-corrected chi connectivity index (χ3v) is 13.3. The summed E-state index contributed by atoms with van der Waals surface area (Å²) in [4.78, 5) is 46.7. The third-order valence-electron chi connectivity index (χ3n) is 13.3. The molecule has 0 bridgehead atoms. The van der Waals surface area contributed by atoms with Crippen LogP contribution in [0.3, 0.4) is 0 Å². The van der Waals surface area contributed by atoms with Crippen LogP contribution in [-0.2, 0) is 36.6 Å². The molecule has 17 heteroatoms. The van der Waals surface area contributed by atoms with E-state index in [2.05, 4.69) is 59.2 Å². The number of hydrogen-bond acceptors (Lipinski definition) is 15. The number of aliphatic hydroxyl groups excluding tert-OH is 4. The van der Waals surface area contributed by atoms with Gasteiger partial charge in [0.15, 0.2) is 0 Å². The minimum atomic E-state index is -1.35. The van der Waals surface area contributed by atoms with Crippen LogP contribution in [0, 0.1) is 19.8 Å². The molecule has 4 heterocycles. The SMILES string of the molecule is CC(=O)Nc1cc2ccc(OC3OC(C)(C)[C@H](C)[C@H](O)[C@@H]3O)c(C)c2oc1=O.CO[C@@H]1[C@H](O)[C@H](O)C(Oc2ccc3cc(NC(C)=O)c(=O)oc3c2C)OC1(C)C.c1ccc2c(c1)CCc1ccccc1-2. The van der Waals surface area contributed by atoms with E-state index in [0.29, 0.717) is 39.0 Å². The van der Waals surface area contributed by atoms with E-state index in [-0.39, 0.29) is 34.7 Å². The molecule has 0 spiro atoms. The molecule has 2 unspecified atom stereocenters. The van der Waals surface area contributed by atoms with Crippen LogP contribution in [0.1, 0.15) is 70.7 Å². The predicted molar refractivity (Wildman–Crippen MR) is 265 cm³/mol. The summed E-state index contributed by atoms with van der Waals surface area (Å²) in [5.41, 5.74) is 4.56. The maximum absolute atomic E-state index is 12.1. The quantitative estimate of drug-likeness (QED) is 0.0913. The molecule has 2 aromatic heterocycles. The number of carbonyl (C=O) groups is 2. The van der Waals surface area contributed by atoms with Gasteiger partial charge in [0, 0.05) is 48.8 Å². The van der Waals surface area contributed by atoms with Gasteiger partial charge in [0.05, 0.1) is 17.3 Å². The zero-order valence-corrected chi connectivity index (χ0v) is 41.4. The van der Waals surface area contributed by atoms with Crippen molar-refractivity contribution in [3.63, 3.8) is 0 Å². The topological polar surface area (TPSA) is 246 Å². The van der Waals surface area contributed by atoms with Crippen molar-refractivity contribution in [2.45, 2.75) is 129 Å². The molecule has 2 fully saturated rings. The average molecular weight is 979 g/mol. The van der Waals surface area contributed by atoms with Gasteiger partial charge in [-0.25, -0.2) is 9.59 Å². The van der Waals surface area contributed by atoms with Gasteiger partial charge in [-0.2, -0.15) is 0 Å². The molecule has 3 aliphatic rings. The highest BCUT2D eigenvalue weighted by Crippen LogP contribution is 2.38. The first-order valence-electron chi connectivity index (χ1n) is 23.3. The fourth-order valence-corrected chi connectivity index (χ4v) is 9.08. The maximum Gasteiger partial charge on any atom is 0.360 e. The molecule has 0 radical (unpaired) electrons. The van der Waals surface area contributed by atoms with Gasteiger partial charge >= 0.3 is 11.3 Å². The molecule has 2 saturated heterocycles. The summed E-state index contributed by atoms with van der Waals surface area (Å²) in [6, 6.07) is 27.1. The van der Waals surface area contributed by atoms with Gasteiger partial charge in [0.2, 0.25) is 24.4 Å². The highest BCUT2D eigenvalue weighted by molar-refractivity contribution is 5.93. The van der Waals surface area contributed by atoms with Crippen molar-refractivity contribution in [2.24, 2.45) is 5.92 Å². The summed E-state index contributed by atoms with van der Waals surface area (Å²) in [7, 11) is 1.43. The molecule has 71 heavy (non-hydrogen) atoms. The normalized spacial score (nSPS) is 23.9. The van der Waals surface area contributed by atoms with Crippen molar-refractivity contribution >= 4 is 45.1 Å². The molecule has 4 aromatic carbocycles. The first-order chi connectivity index (χ1) is 33.5. The molecule has 1 aliphatic carbocycles. The Bertz CT molecular complexity index is 3010. The van der Waals surface area contributed by atoms with E-state index in [9.17, 15) is 39.6 Å². The molecule has 9 rings (SSSR count). The van der Waals surface area contributed by atoms with Crippen LogP contribution in [0.15, 0.2) is 103 Å². The van der Waals surface area contributed by atoms with Gasteiger partial charge in [0.25, 0.3) is 0 Å². The number of fused-ring (bicyclic) bond motifs is 5. The van der Waals surface area contributed by atoms with E-state index in [1.807, 2.05) is 13.8 Å². The first kappa shape index (κ1) is 52.4.